The minimum Gasteiger partial charge on any atom is -0.480 e. The number of aliphatic carboxylic acids is 1. The quantitative estimate of drug-likeness (QED) is 0.761. The molecule has 1 saturated heterocycles. The van der Waals surface area contributed by atoms with E-state index >= 15 is 0 Å². The Labute approximate surface area is 102 Å². The molecule has 1 amide bonds. The van der Waals surface area contributed by atoms with Gasteiger partial charge in [0.15, 0.2) is 0 Å². The summed E-state index contributed by atoms with van der Waals surface area (Å²) in [6.07, 6.45) is 0.784. The average molecular weight is 242 g/mol. The molecule has 1 fully saturated rings. The number of nitrogens with zero attached hydrogens (tertiary/aromatic N) is 1. The first-order chi connectivity index (χ1) is 7.82. The molecule has 17 heavy (non-hydrogen) atoms. The summed E-state index contributed by atoms with van der Waals surface area (Å²) in [7, 11) is 0. The van der Waals surface area contributed by atoms with Gasteiger partial charge in [0.2, 0.25) is 5.91 Å². The molecular weight excluding hydrogens is 220 g/mol. The fourth-order valence-electron chi connectivity index (χ4n) is 2.34. The fraction of sp³-hybridized carbons (Fsp3) is 0.833. The van der Waals surface area contributed by atoms with Crippen LogP contribution in [-0.2, 0) is 9.59 Å². The van der Waals surface area contributed by atoms with E-state index < -0.39 is 11.5 Å². The topological polar surface area (TPSA) is 69.6 Å². The average Bonchev–Trinajstić information content (AvgIpc) is 2.64. The standard InChI is InChI=1S/C12H22N2O3/c1-5-14(12(3,4)11(16)17)10(15)9-6-7-13-8(9)2/h8-9,13H,5-7H2,1-4H3,(H,16,17). The Morgan fingerprint density at radius 1 is 1.47 bits per heavy atom. The third kappa shape index (κ3) is 2.60. The molecule has 0 radical (unpaired) electrons. The monoisotopic (exact) mass is 242 g/mol. The fourth-order valence-corrected chi connectivity index (χ4v) is 2.34. The van der Waals surface area contributed by atoms with Gasteiger partial charge < -0.3 is 15.3 Å². The lowest BCUT2D eigenvalue weighted by molar-refractivity contribution is -0.158. The highest BCUT2D eigenvalue weighted by Gasteiger charge is 2.41. The van der Waals surface area contributed by atoms with Crippen molar-refractivity contribution in [2.75, 3.05) is 13.1 Å². The van der Waals surface area contributed by atoms with Crippen molar-refractivity contribution in [2.24, 2.45) is 5.92 Å². The number of carboxylic acids is 1. The van der Waals surface area contributed by atoms with E-state index in [4.69, 9.17) is 0 Å². The molecule has 1 rings (SSSR count). The summed E-state index contributed by atoms with van der Waals surface area (Å²) >= 11 is 0. The molecule has 5 heteroatoms. The largest absolute Gasteiger partial charge is 0.480 e. The van der Waals surface area contributed by atoms with E-state index in [0.29, 0.717) is 6.54 Å². The number of hydrogen-bond donors (Lipinski definition) is 2. The molecule has 0 aliphatic carbocycles. The van der Waals surface area contributed by atoms with Crippen molar-refractivity contribution in [3.63, 3.8) is 0 Å². The first-order valence-electron chi connectivity index (χ1n) is 6.10. The van der Waals surface area contributed by atoms with Crippen LogP contribution in [0.4, 0.5) is 0 Å². The molecule has 98 valence electrons. The molecule has 0 aromatic heterocycles. The van der Waals surface area contributed by atoms with Crippen molar-refractivity contribution in [3.05, 3.63) is 0 Å². The van der Waals surface area contributed by atoms with Crippen molar-refractivity contribution in [3.8, 4) is 0 Å². The molecule has 0 saturated carbocycles. The number of likely N-dealkylation sites (N-methyl/N-ethyl adjacent to an activating group) is 1. The number of amides is 1. The third-order valence-electron chi connectivity index (χ3n) is 3.62. The van der Waals surface area contributed by atoms with Gasteiger partial charge in [0.05, 0.1) is 5.92 Å². The maximum atomic E-state index is 12.4. The summed E-state index contributed by atoms with van der Waals surface area (Å²) < 4.78 is 0. The first-order valence-corrected chi connectivity index (χ1v) is 6.10. The van der Waals surface area contributed by atoms with Crippen molar-refractivity contribution in [1.82, 2.24) is 10.2 Å². The normalized spacial score (nSPS) is 24.7. The SMILES string of the molecule is CCN(C(=O)C1CCNC1C)C(C)(C)C(=O)O. The Balaban J connectivity index is 2.87. The Hall–Kier alpha value is -1.10. The number of carboxylic acid groups (broad SMARTS) is 1. The van der Waals surface area contributed by atoms with E-state index in [1.54, 1.807) is 13.8 Å². The van der Waals surface area contributed by atoms with Crippen LogP contribution in [0.25, 0.3) is 0 Å². The van der Waals surface area contributed by atoms with Gasteiger partial charge in [-0.05, 0) is 40.7 Å². The second-order valence-electron chi connectivity index (χ2n) is 5.08. The molecule has 1 heterocycles. The van der Waals surface area contributed by atoms with Crippen LogP contribution in [0.1, 0.15) is 34.1 Å². The van der Waals surface area contributed by atoms with Gasteiger partial charge in [-0.1, -0.05) is 0 Å². The molecule has 0 aromatic carbocycles. The van der Waals surface area contributed by atoms with Gasteiger partial charge in [-0.3, -0.25) is 4.79 Å². The molecule has 2 atom stereocenters. The van der Waals surface area contributed by atoms with Crippen LogP contribution in [-0.4, -0.2) is 46.6 Å². The number of nitrogens with one attached hydrogen (secondary N) is 1. The number of rotatable bonds is 4. The predicted octanol–water partition coefficient (Wildman–Crippen LogP) is 0.696. The van der Waals surface area contributed by atoms with Crippen molar-refractivity contribution >= 4 is 11.9 Å². The Morgan fingerprint density at radius 2 is 2.06 bits per heavy atom. The zero-order valence-corrected chi connectivity index (χ0v) is 11.0. The zero-order valence-electron chi connectivity index (χ0n) is 11.0. The van der Waals surface area contributed by atoms with Crippen LogP contribution in [0.15, 0.2) is 0 Å². The van der Waals surface area contributed by atoms with E-state index in [-0.39, 0.29) is 17.9 Å². The van der Waals surface area contributed by atoms with Crippen molar-refractivity contribution in [1.29, 1.82) is 0 Å². The van der Waals surface area contributed by atoms with Crippen molar-refractivity contribution in [2.45, 2.75) is 45.7 Å². The molecule has 1 aliphatic heterocycles. The summed E-state index contributed by atoms with van der Waals surface area (Å²) in [6.45, 7) is 8.17. The number of carbonyl (C=O) groups is 2. The summed E-state index contributed by atoms with van der Waals surface area (Å²) in [5.74, 6) is -1.13. The smallest absolute Gasteiger partial charge is 0.329 e. The summed E-state index contributed by atoms with van der Waals surface area (Å²) in [5, 5.41) is 12.4. The lowest BCUT2D eigenvalue weighted by atomic mass is 9.95. The van der Waals surface area contributed by atoms with Crippen LogP contribution in [0.5, 0.6) is 0 Å². The summed E-state index contributed by atoms with van der Waals surface area (Å²) in [6, 6.07) is 0.126. The lowest BCUT2D eigenvalue weighted by Crippen LogP contribution is -2.55. The minimum absolute atomic E-state index is 0.0580. The van der Waals surface area contributed by atoms with Crippen LogP contribution >= 0.6 is 0 Å². The van der Waals surface area contributed by atoms with E-state index in [9.17, 15) is 14.7 Å². The molecule has 2 unspecified atom stereocenters. The van der Waals surface area contributed by atoms with Gasteiger partial charge in [-0.25, -0.2) is 4.79 Å². The molecule has 5 nitrogen and oxygen atoms in total. The molecule has 0 bridgehead atoms. The zero-order chi connectivity index (χ0) is 13.2. The second kappa shape index (κ2) is 5.04. The van der Waals surface area contributed by atoms with Gasteiger partial charge in [0.25, 0.3) is 0 Å². The van der Waals surface area contributed by atoms with E-state index in [0.717, 1.165) is 13.0 Å². The molecule has 0 spiro atoms. The lowest BCUT2D eigenvalue weighted by Gasteiger charge is -2.36. The van der Waals surface area contributed by atoms with E-state index in [1.807, 2.05) is 13.8 Å². The van der Waals surface area contributed by atoms with Gasteiger partial charge in [0.1, 0.15) is 5.54 Å². The van der Waals surface area contributed by atoms with Gasteiger partial charge in [-0.2, -0.15) is 0 Å². The first kappa shape index (κ1) is 14.0. The number of carbonyl (C=O) groups excluding carboxylic acids is 1. The minimum atomic E-state index is -1.14. The summed E-state index contributed by atoms with van der Waals surface area (Å²) in [5.41, 5.74) is -1.14. The molecule has 1 aliphatic rings. The maximum Gasteiger partial charge on any atom is 0.329 e. The van der Waals surface area contributed by atoms with Gasteiger partial charge in [0, 0.05) is 12.6 Å². The highest BCUT2D eigenvalue weighted by Crippen LogP contribution is 2.23. The molecule has 0 aromatic rings. The Kier molecular flexibility index (Phi) is 4.14. The highest BCUT2D eigenvalue weighted by atomic mass is 16.4. The summed E-state index contributed by atoms with van der Waals surface area (Å²) in [4.78, 5) is 25.0. The second-order valence-corrected chi connectivity index (χ2v) is 5.08. The predicted molar refractivity (Wildman–Crippen MR) is 64.7 cm³/mol. The van der Waals surface area contributed by atoms with Crippen LogP contribution in [0.3, 0.4) is 0 Å². The van der Waals surface area contributed by atoms with Gasteiger partial charge in [-0.15, -0.1) is 0 Å². The van der Waals surface area contributed by atoms with Crippen LogP contribution in [0.2, 0.25) is 0 Å². The maximum absolute atomic E-state index is 12.4. The molecular formula is C12H22N2O3. The Morgan fingerprint density at radius 3 is 2.41 bits per heavy atom. The molecule has 2 N–H and O–H groups in total. The Bertz CT molecular complexity index is 315. The van der Waals surface area contributed by atoms with Crippen LogP contribution in [0, 0.1) is 5.92 Å². The van der Waals surface area contributed by atoms with E-state index in [1.165, 1.54) is 4.90 Å². The number of hydrogen-bond acceptors (Lipinski definition) is 3. The van der Waals surface area contributed by atoms with Crippen molar-refractivity contribution < 1.29 is 14.7 Å². The van der Waals surface area contributed by atoms with E-state index in [2.05, 4.69) is 5.32 Å². The third-order valence-corrected chi connectivity index (χ3v) is 3.62. The highest BCUT2D eigenvalue weighted by molar-refractivity contribution is 5.88. The van der Waals surface area contributed by atoms with Gasteiger partial charge >= 0.3 is 5.97 Å². The van der Waals surface area contributed by atoms with Crippen LogP contribution < -0.4 is 5.32 Å².